The van der Waals surface area contributed by atoms with E-state index in [2.05, 4.69) is 24.6 Å². The van der Waals surface area contributed by atoms with Crippen LogP contribution in [0.15, 0.2) is 46.7 Å². The number of ketones is 1. The molecule has 0 aliphatic heterocycles. The highest BCUT2D eigenvalue weighted by Crippen LogP contribution is 2.28. The van der Waals surface area contributed by atoms with Crippen molar-refractivity contribution in [3.8, 4) is 0 Å². The summed E-state index contributed by atoms with van der Waals surface area (Å²) in [6.45, 7) is 0. The van der Waals surface area contributed by atoms with Gasteiger partial charge in [0.2, 0.25) is 5.13 Å². The highest BCUT2D eigenvalue weighted by Gasteiger charge is 2.30. The molecule has 0 aliphatic carbocycles. The van der Waals surface area contributed by atoms with Crippen LogP contribution < -0.4 is 5.32 Å². The van der Waals surface area contributed by atoms with Gasteiger partial charge in [0.1, 0.15) is 29.5 Å². The minimum absolute atomic E-state index is 0.235. The third kappa shape index (κ3) is 6.43. The van der Waals surface area contributed by atoms with Gasteiger partial charge in [0.15, 0.2) is 5.16 Å². The van der Waals surface area contributed by atoms with E-state index in [0.29, 0.717) is 21.7 Å². The fourth-order valence-electron chi connectivity index (χ4n) is 2.14. The maximum atomic E-state index is 12.2. The number of carbonyl (C=O) groups excluding carboxylic acids is 1. The Labute approximate surface area is 170 Å². The third-order valence-corrected chi connectivity index (χ3v) is 4.85. The number of halogens is 4. The molecule has 2 heterocycles. The average molecular weight is 446 g/mol. The van der Waals surface area contributed by atoms with Crippen molar-refractivity contribution in [1.29, 1.82) is 0 Å². The Morgan fingerprint density at radius 2 is 1.96 bits per heavy atom. The summed E-state index contributed by atoms with van der Waals surface area (Å²) in [7, 11) is 0. The summed E-state index contributed by atoms with van der Waals surface area (Å²) in [5.74, 6) is -0.424. The second-order valence-electron chi connectivity index (χ2n) is 5.48. The van der Waals surface area contributed by atoms with Gasteiger partial charge in [-0.25, -0.2) is 15.0 Å². The second kappa shape index (κ2) is 8.84. The van der Waals surface area contributed by atoms with E-state index in [1.165, 1.54) is 18.1 Å². The number of hydrogen-bond acceptors (Lipinski definition) is 8. The minimum Gasteiger partial charge on any atom is -0.315 e. The molecule has 0 aliphatic rings. The van der Waals surface area contributed by atoms with Crippen LogP contribution in [0.1, 0.15) is 12.0 Å². The topological polar surface area (TPSA) is 80.7 Å². The first kappa shape index (κ1) is 20.5. The van der Waals surface area contributed by atoms with Gasteiger partial charge in [-0.3, -0.25) is 4.79 Å². The molecule has 3 rings (SSSR count). The lowest BCUT2D eigenvalue weighted by Crippen LogP contribution is -2.16. The zero-order valence-electron chi connectivity index (χ0n) is 13.9. The quantitative estimate of drug-likeness (QED) is 0.407. The molecule has 2 aromatic heterocycles. The summed E-state index contributed by atoms with van der Waals surface area (Å²) in [5.41, 5.74) is 0.504. The highest BCUT2D eigenvalue weighted by molar-refractivity contribution is 7.99. The summed E-state index contributed by atoms with van der Waals surface area (Å²) >= 11 is 8.41. The molecular weight excluding hydrogens is 435 g/mol. The van der Waals surface area contributed by atoms with Gasteiger partial charge in [0, 0.05) is 28.9 Å². The summed E-state index contributed by atoms with van der Waals surface area (Å²) < 4.78 is 40.6. The third-order valence-electron chi connectivity index (χ3n) is 3.20. The predicted octanol–water partition coefficient (Wildman–Crippen LogP) is 4.94. The van der Waals surface area contributed by atoms with Gasteiger partial charge in [-0.1, -0.05) is 23.7 Å². The van der Waals surface area contributed by atoms with Crippen molar-refractivity contribution in [3.05, 3.63) is 47.4 Å². The van der Waals surface area contributed by atoms with E-state index in [1.54, 1.807) is 30.3 Å². The first-order valence-corrected chi connectivity index (χ1v) is 9.67. The van der Waals surface area contributed by atoms with Gasteiger partial charge in [0.05, 0.1) is 0 Å². The van der Waals surface area contributed by atoms with Gasteiger partial charge in [-0.15, -0.1) is 0 Å². The molecule has 1 aromatic carbocycles. The number of nitrogens with one attached hydrogen (secondary N) is 1. The fourth-order valence-corrected chi connectivity index (χ4v) is 3.58. The summed E-state index contributed by atoms with van der Waals surface area (Å²) in [5, 5.41) is 4.13. The molecule has 146 valence electrons. The molecule has 0 bridgehead atoms. The van der Waals surface area contributed by atoms with Crippen molar-refractivity contribution in [1.82, 2.24) is 19.3 Å². The number of hydrogen-bond donors (Lipinski definition) is 1. The normalized spacial score (nSPS) is 11.4. The Morgan fingerprint density at radius 1 is 1.21 bits per heavy atom. The van der Waals surface area contributed by atoms with Crippen molar-refractivity contribution in [3.63, 3.8) is 0 Å². The van der Waals surface area contributed by atoms with E-state index in [1.807, 2.05) is 0 Å². The van der Waals surface area contributed by atoms with Gasteiger partial charge in [0.25, 0.3) is 0 Å². The molecule has 0 atom stereocenters. The zero-order valence-corrected chi connectivity index (χ0v) is 16.3. The lowest BCUT2D eigenvalue weighted by molar-refractivity contribution is -0.151. The standard InChI is InChI=1S/C16H11ClF3N5OS2/c17-12-6-13(24-14-21-8-22-28-14)25-15(23-12)27-11-3-1-9(2-4-11)5-10(26)7-16(18,19)20/h1-4,6,8H,5,7H2,(H,21,22,23,24,25). The van der Waals surface area contributed by atoms with Crippen molar-refractivity contribution in [2.24, 2.45) is 0 Å². The zero-order chi connectivity index (χ0) is 20.1. The van der Waals surface area contributed by atoms with E-state index >= 15 is 0 Å². The first-order valence-electron chi connectivity index (χ1n) is 7.70. The fraction of sp³-hybridized carbons (Fsp3) is 0.188. The van der Waals surface area contributed by atoms with Crippen LogP contribution in [0, 0.1) is 0 Å². The molecule has 0 spiro atoms. The summed E-state index contributed by atoms with van der Waals surface area (Å²) in [6.07, 6.45) is -4.78. The van der Waals surface area contributed by atoms with E-state index in [9.17, 15) is 18.0 Å². The average Bonchev–Trinajstić information content (AvgIpc) is 3.07. The van der Waals surface area contributed by atoms with Gasteiger partial charge < -0.3 is 5.32 Å². The Hall–Kier alpha value is -2.24. The number of carbonyl (C=O) groups is 1. The number of Topliss-reactive ketones (excluding diaryl/α,β-unsaturated/α-hetero) is 1. The molecule has 6 nitrogen and oxygen atoms in total. The van der Waals surface area contributed by atoms with Crippen LogP contribution in [0.3, 0.4) is 0 Å². The van der Waals surface area contributed by atoms with Crippen molar-refractivity contribution < 1.29 is 18.0 Å². The number of aromatic nitrogens is 4. The summed E-state index contributed by atoms with van der Waals surface area (Å²) in [4.78, 5) is 24.6. The maximum absolute atomic E-state index is 12.2. The lowest BCUT2D eigenvalue weighted by atomic mass is 10.1. The molecule has 12 heteroatoms. The van der Waals surface area contributed by atoms with Crippen LogP contribution in [-0.4, -0.2) is 31.3 Å². The molecule has 0 amide bonds. The largest absolute Gasteiger partial charge is 0.395 e. The highest BCUT2D eigenvalue weighted by atomic mass is 35.5. The molecule has 0 saturated heterocycles. The van der Waals surface area contributed by atoms with Crippen molar-refractivity contribution in [2.45, 2.75) is 29.1 Å². The Bertz CT molecular complexity index is 952. The molecule has 3 aromatic rings. The van der Waals surface area contributed by atoms with Crippen LogP contribution in [-0.2, 0) is 11.2 Å². The van der Waals surface area contributed by atoms with E-state index in [0.717, 1.165) is 16.4 Å². The van der Waals surface area contributed by atoms with Crippen LogP contribution in [0.2, 0.25) is 5.15 Å². The van der Waals surface area contributed by atoms with E-state index in [-0.39, 0.29) is 11.6 Å². The minimum atomic E-state index is -4.49. The monoisotopic (exact) mass is 445 g/mol. The molecule has 0 unspecified atom stereocenters. The first-order chi connectivity index (χ1) is 13.3. The Kier molecular flexibility index (Phi) is 6.47. The molecule has 0 radical (unpaired) electrons. The number of anilines is 2. The van der Waals surface area contributed by atoms with Gasteiger partial charge >= 0.3 is 6.18 Å². The second-order valence-corrected chi connectivity index (χ2v) is 7.69. The van der Waals surface area contributed by atoms with Crippen molar-refractivity contribution in [2.75, 3.05) is 5.32 Å². The SMILES string of the molecule is O=C(Cc1ccc(Sc2nc(Cl)cc(Nc3ncns3)n2)cc1)CC(F)(F)F. The molecule has 28 heavy (non-hydrogen) atoms. The smallest absolute Gasteiger partial charge is 0.315 e. The van der Waals surface area contributed by atoms with Crippen LogP contribution in [0.4, 0.5) is 24.1 Å². The van der Waals surface area contributed by atoms with Crippen LogP contribution in [0.25, 0.3) is 0 Å². The lowest BCUT2D eigenvalue weighted by Gasteiger charge is -2.07. The van der Waals surface area contributed by atoms with Crippen LogP contribution in [0.5, 0.6) is 0 Å². The number of rotatable bonds is 7. The van der Waals surface area contributed by atoms with Crippen LogP contribution >= 0.6 is 34.9 Å². The van der Waals surface area contributed by atoms with Crippen molar-refractivity contribution >= 4 is 51.6 Å². The number of benzene rings is 1. The molecule has 0 fully saturated rings. The molecular formula is C16H11ClF3N5OS2. The number of alkyl halides is 3. The Balaban J connectivity index is 1.65. The number of nitrogens with zero attached hydrogens (tertiary/aromatic N) is 4. The van der Waals surface area contributed by atoms with Gasteiger partial charge in [-0.2, -0.15) is 17.5 Å². The Morgan fingerprint density at radius 3 is 2.61 bits per heavy atom. The van der Waals surface area contributed by atoms with E-state index < -0.39 is 18.4 Å². The van der Waals surface area contributed by atoms with E-state index in [4.69, 9.17) is 11.6 Å². The predicted molar refractivity (Wildman–Crippen MR) is 100 cm³/mol. The molecule has 0 saturated carbocycles. The van der Waals surface area contributed by atoms with Gasteiger partial charge in [-0.05, 0) is 29.5 Å². The maximum Gasteiger partial charge on any atom is 0.395 e. The summed E-state index contributed by atoms with van der Waals surface area (Å²) in [6, 6.07) is 8.11. The molecule has 1 N–H and O–H groups in total.